The lowest BCUT2D eigenvalue weighted by atomic mass is 9.70. The summed E-state index contributed by atoms with van der Waals surface area (Å²) in [5, 5.41) is 14.1. The van der Waals surface area contributed by atoms with Crippen molar-refractivity contribution in [2.24, 2.45) is 23.2 Å². The van der Waals surface area contributed by atoms with Gasteiger partial charge in [-0.2, -0.15) is 0 Å². The Balaban J connectivity index is 1.88. The van der Waals surface area contributed by atoms with Crippen LogP contribution in [0.2, 0.25) is 0 Å². The topological polar surface area (TPSA) is 175 Å². The minimum atomic E-state index is -1.04. The Hall–Kier alpha value is -3.64. The van der Waals surface area contributed by atoms with E-state index in [0.29, 0.717) is 25.9 Å². The van der Waals surface area contributed by atoms with E-state index in [9.17, 15) is 28.8 Å². The van der Waals surface area contributed by atoms with Gasteiger partial charge < -0.3 is 36.2 Å². The highest BCUT2D eigenvalue weighted by Crippen LogP contribution is 2.41. The second-order valence-corrected chi connectivity index (χ2v) is 15.3. The van der Waals surface area contributed by atoms with Gasteiger partial charge in [-0.3, -0.25) is 19.2 Å². The van der Waals surface area contributed by atoms with E-state index in [0.717, 1.165) is 64.2 Å². The van der Waals surface area contributed by atoms with Crippen molar-refractivity contribution >= 4 is 35.6 Å². The van der Waals surface area contributed by atoms with Crippen molar-refractivity contribution < 1.29 is 33.5 Å². The third kappa shape index (κ3) is 11.7. The first-order chi connectivity index (χ1) is 24.4. The zero-order valence-corrected chi connectivity index (χ0v) is 31.7. The summed E-state index contributed by atoms with van der Waals surface area (Å²) < 4.78 is 5.48. The summed E-state index contributed by atoms with van der Waals surface area (Å²) in [5.74, 6) is -2.33. The summed E-state index contributed by atoms with van der Waals surface area (Å²) in [4.78, 5) is 82.2. The molecule has 5 atom stereocenters. The van der Waals surface area contributed by atoms with E-state index >= 15 is 0 Å². The number of alkyl carbamates (subject to hydrolysis) is 1. The second-order valence-electron chi connectivity index (χ2n) is 15.3. The molecule has 13 nitrogen and oxygen atoms in total. The maximum atomic E-state index is 14.8. The molecule has 1 heterocycles. The maximum Gasteiger partial charge on any atom is 0.407 e. The highest BCUT2D eigenvalue weighted by atomic mass is 16.5. The smallest absolute Gasteiger partial charge is 0.407 e. The van der Waals surface area contributed by atoms with E-state index in [1.54, 1.807) is 11.8 Å². The van der Waals surface area contributed by atoms with Gasteiger partial charge in [-0.25, -0.2) is 9.59 Å². The lowest BCUT2D eigenvalue weighted by Crippen LogP contribution is -2.63. The Morgan fingerprint density at radius 2 is 1.57 bits per heavy atom. The van der Waals surface area contributed by atoms with Gasteiger partial charge >= 0.3 is 12.1 Å². The zero-order chi connectivity index (χ0) is 37.6. The van der Waals surface area contributed by atoms with Gasteiger partial charge in [-0.05, 0) is 68.6 Å². The van der Waals surface area contributed by atoms with E-state index in [4.69, 9.17) is 4.74 Å². The number of carbonyl (C=O) groups excluding carboxylic acids is 6. The van der Waals surface area contributed by atoms with E-state index in [1.165, 1.54) is 6.08 Å². The van der Waals surface area contributed by atoms with Gasteiger partial charge in [0.2, 0.25) is 17.6 Å². The van der Waals surface area contributed by atoms with E-state index in [-0.39, 0.29) is 43.2 Å². The van der Waals surface area contributed by atoms with Crippen molar-refractivity contribution in [2.75, 3.05) is 26.2 Å². The van der Waals surface area contributed by atoms with Gasteiger partial charge in [-0.1, -0.05) is 78.7 Å². The summed E-state index contributed by atoms with van der Waals surface area (Å²) in [6.45, 7) is 14.2. The van der Waals surface area contributed by atoms with Crippen LogP contribution in [0.5, 0.6) is 0 Å². The quantitative estimate of drug-likeness (QED) is 0.110. The molecule has 0 bridgehead atoms. The van der Waals surface area contributed by atoms with Crippen molar-refractivity contribution in [3.8, 4) is 0 Å². The summed E-state index contributed by atoms with van der Waals surface area (Å²) in [6, 6.07) is -3.74. The molecule has 5 N–H and O–H groups in total. The Labute approximate surface area is 304 Å². The molecule has 2 saturated carbocycles. The van der Waals surface area contributed by atoms with Crippen LogP contribution in [0.15, 0.2) is 12.7 Å². The van der Waals surface area contributed by atoms with Crippen LogP contribution in [0.4, 0.5) is 9.59 Å². The third-order valence-corrected chi connectivity index (χ3v) is 11.2. The van der Waals surface area contributed by atoms with E-state index < -0.39 is 59.3 Å². The third-order valence-electron chi connectivity index (χ3n) is 11.2. The lowest BCUT2D eigenvalue weighted by Gasteiger charge is -2.43. The van der Waals surface area contributed by atoms with Crippen LogP contribution in [0.1, 0.15) is 118 Å². The first kappa shape index (κ1) is 41.8. The standard InChI is InChI=1S/C38H64N6O7/c1-7-16-28(31(45)34(47)40-22-8-2)41-33(46)30-27(25(4)5)19-23-44(30)35(48)32(38(6)20-14-11-15-21-38)43-36(49)42-29(24-51-37(50)39-9-3)26-17-12-10-13-18-26/h8,25-30,32H,2,7,9-24H2,1,3-6H3,(H,39,50)(H,40,47)(H,41,46)(H2,42,43,49)/t27-,28?,29?,30+,32?/m1/s1. The monoisotopic (exact) mass is 716 g/mol. The molecule has 288 valence electrons. The Kier molecular flexibility index (Phi) is 16.7. The Morgan fingerprint density at radius 1 is 0.902 bits per heavy atom. The van der Waals surface area contributed by atoms with E-state index in [2.05, 4.69) is 33.2 Å². The number of hydrogen-bond donors (Lipinski definition) is 5. The van der Waals surface area contributed by atoms with Crippen molar-refractivity contribution in [2.45, 2.75) is 142 Å². The summed E-state index contributed by atoms with van der Waals surface area (Å²) in [7, 11) is 0. The molecule has 1 saturated heterocycles. The van der Waals surface area contributed by atoms with Crippen LogP contribution in [-0.4, -0.2) is 90.9 Å². The molecule has 51 heavy (non-hydrogen) atoms. The van der Waals surface area contributed by atoms with Crippen LogP contribution < -0.4 is 26.6 Å². The molecule has 0 aromatic heterocycles. The van der Waals surface area contributed by atoms with Crippen molar-refractivity contribution in [1.29, 1.82) is 0 Å². The highest BCUT2D eigenvalue weighted by molar-refractivity contribution is 6.38. The maximum absolute atomic E-state index is 14.8. The van der Waals surface area contributed by atoms with Crippen LogP contribution in [-0.2, 0) is 23.9 Å². The molecule has 0 aromatic rings. The number of likely N-dealkylation sites (tertiary alicyclic amines) is 1. The molecule has 0 aromatic carbocycles. The molecule has 1 aliphatic heterocycles. The number of ketones is 1. The number of rotatable bonds is 17. The average Bonchev–Trinajstić information content (AvgIpc) is 3.57. The molecule has 3 rings (SSSR count). The number of amides is 6. The van der Waals surface area contributed by atoms with E-state index in [1.807, 2.05) is 27.7 Å². The fraction of sp³-hybridized carbons (Fsp3) is 0.789. The van der Waals surface area contributed by atoms with Gasteiger partial charge in [-0.15, -0.1) is 6.58 Å². The number of nitrogens with one attached hydrogen (secondary N) is 5. The normalized spacial score (nSPS) is 22.2. The van der Waals surface area contributed by atoms with Crippen molar-refractivity contribution in [3.63, 3.8) is 0 Å². The Bertz CT molecular complexity index is 1210. The number of hydrogen-bond acceptors (Lipinski definition) is 7. The van der Waals surface area contributed by atoms with Crippen LogP contribution in [0.25, 0.3) is 0 Å². The Morgan fingerprint density at radius 3 is 2.18 bits per heavy atom. The summed E-state index contributed by atoms with van der Waals surface area (Å²) in [5.41, 5.74) is -0.550. The van der Waals surface area contributed by atoms with Crippen LogP contribution >= 0.6 is 0 Å². The summed E-state index contributed by atoms with van der Waals surface area (Å²) >= 11 is 0. The number of urea groups is 1. The molecule has 2 aliphatic carbocycles. The first-order valence-corrected chi connectivity index (χ1v) is 19.4. The van der Waals surface area contributed by atoms with Crippen LogP contribution in [0.3, 0.4) is 0 Å². The van der Waals surface area contributed by atoms with Crippen LogP contribution in [0, 0.1) is 23.2 Å². The number of Topliss-reactive ketones (excluding diaryl/α,β-unsaturated/α-hetero) is 1. The van der Waals surface area contributed by atoms with Gasteiger partial charge in [0.05, 0.1) is 12.1 Å². The van der Waals surface area contributed by atoms with Crippen molar-refractivity contribution in [3.05, 3.63) is 12.7 Å². The molecule has 6 amide bonds. The molecule has 13 heteroatoms. The predicted molar refractivity (Wildman–Crippen MR) is 196 cm³/mol. The number of ether oxygens (including phenoxy) is 1. The minimum Gasteiger partial charge on any atom is -0.447 e. The second kappa shape index (κ2) is 20.4. The zero-order valence-electron chi connectivity index (χ0n) is 31.7. The first-order valence-electron chi connectivity index (χ1n) is 19.4. The van der Waals surface area contributed by atoms with Gasteiger partial charge in [0.15, 0.2) is 0 Å². The van der Waals surface area contributed by atoms with Gasteiger partial charge in [0.25, 0.3) is 5.91 Å². The molecular weight excluding hydrogens is 652 g/mol. The SMILES string of the molecule is C=CCNC(=O)C(=O)C(CCC)NC(=O)[C@@H]1[C@@H](C(C)C)CCN1C(=O)C(NC(=O)NC(COC(=O)NCC)C1CCCCC1)C1(C)CCCCC1. The molecule has 0 spiro atoms. The molecule has 3 unspecified atom stereocenters. The lowest BCUT2D eigenvalue weighted by molar-refractivity contribution is -0.145. The fourth-order valence-electron chi connectivity index (χ4n) is 8.20. The molecule has 3 fully saturated rings. The number of carbonyl (C=O) groups is 6. The van der Waals surface area contributed by atoms with Gasteiger partial charge in [0, 0.05) is 19.6 Å². The minimum absolute atomic E-state index is 0.0213. The average molecular weight is 717 g/mol. The summed E-state index contributed by atoms with van der Waals surface area (Å²) in [6.07, 6.45) is 11.7. The molecular formula is C38H64N6O7. The largest absolute Gasteiger partial charge is 0.447 e. The fourth-order valence-corrected chi connectivity index (χ4v) is 8.20. The predicted octanol–water partition coefficient (Wildman–Crippen LogP) is 4.35. The number of nitrogens with zero attached hydrogens (tertiary/aromatic N) is 1. The van der Waals surface area contributed by atoms with Crippen molar-refractivity contribution in [1.82, 2.24) is 31.5 Å². The molecule has 0 radical (unpaired) electrons. The highest BCUT2D eigenvalue weighted by Gasteiger charge is 2.50. The van der Waals surface area contributed by atoms with Gasteiger partial charge in [0.1, 0.15) is 18.7 Å². The molecule has 3 aliphatic rings.